The molecule has 2 heteroatoms. The van der Waals surface area contributed by atoms with Crippen LogP contribution in [0.1, 0.15) is 34.8 Å². The zero-order chi connectivity index (χ0) is 13.4. The van der Waals surface area contributed by atoms with Crippen molar-refractivity contribution in [2.45, 2.75) is 26.2 Å². The van der Waals surface area contributed by atoms with Gasteiger partial charge in [0, 0.05) is 11.1 Å². The van der Waals surface area contributed by atoms with E-state index in [1.165, 1.54) is 36.6 Å². The standard InChI is InChI=1S/C17H15FO/c1-11(19)13-7-8-17(18)16(10-13)15-6-5-12-3-2-4-14(12)9-15/h5-10H,2-4H2,1H3. The maximum Gasteiger partial charge on any atom is 0.159 e. The maximum absolute atomic E-state index is 14.0. The van der Waals surface area contributed by atoms with Crippen molar-refractivity contribution in [2.75, 3.05) is 0 Å². The van der Waals surface area contributed by atoms with Crippen LogP contribution in [-0.2, 0) is 12.8 Å². The highest BCUT2D eigenvalue weighted by atomic mass is 19.1. The lowest BCUT2D eigenvalue weighted by molar-refractivity contribution is 0.101. The molecule has 0 radical (unpaired) electrons. The van der Waals surface area contributed by atoms with Gasteiger partial charge in [0.15, 0.2) is 5.78 Å². The van der Waals surface area contributed by atoms with Gasteiger partial charge in [0.2, 0.25) is 0 Å². The van der Waals surface area contributed by atoms with Gasteiger partial charge in [0.25, 0.3) is 0 Å². The van der Waals surface area contributed by atoms with Gasteiger partial charge in [-0.2, -0.15) is 0 Å². The summed E-state index contributed by atoms with van der Waals surface area (Å²) in [6.45, 7) is 1.50. The van der Waals surface area contributed by atoms with Crippen LogP contribution >= 0.6 is 0 Å². The topological polar surface area (TPSA) is 17.1 Å². The summed E-state index contributed by atoms with van der Waals surface area (Å²) in [5.74, 6) is -0.314. The first-order valence-corrected chi connectivity index (χ1v) is 6.58. The molecule has 0 aromatic heterocycles. The van der Waals surface area contributed by atoms with E-state index in [1.807, 2.05) is 6.07 Å². The molecule has 0 aliphatic heterocycles. The molecule has 0 bridgehead atoms. The average molecular weight is 254 g/mol. The number of Topliss-reactive ketones (excluding diaryl/α,β-unsaturated/α-hetero) is 1. The normalized spacial score (nSPS) is 13.4. The largest absolute Gasteiger partial charge is 0.295 e. The molecule has 0 heterocycles. The number of aryl methyl sites for hydroxylation is 2. The van der Waals surface area contributed by atoms with Gasteiger partial charge in [-0.15, -0.1) is 0 Å². The monoisotopic (exact) mass is 254 g/mol. The van der Waals surface area contributed by atoms with Gasteiger partial charge < -0.3 is 0 Å². The minimum Gasteiger partial charge on any atom is -0.295 e. The zero-order valence-electron chi connectivity index (χ0n) is 10.9. The molecule has 0 fully saturated rings. The van der Waals surface area contributed by atoms with Crippen molar-refractivity contribution in [1.29, 1.82) is 0 Å². The van der Waals surface area contributed by atoms with Crippen molar-refractivity contribution in [3.05, 3.63) is 58.9 Å². The molecule has 0 N–H and O–H groups in total. The Morgan fingerprint density at radius 1 is 1.05 bits per heavy atom. The first-order valence-electron chi connectivity index (χ1n) is 6.58. The average Bonchev–Trinajstić information content (AvgIpc) is 2.86. The number of fused-ring (bicyclic) bond motifs is 1. The highest BCUT2D eigenvalue weighted by molar-refractivity contribution is 5.95. The van der Waals surface area contributed by atoms with E-state index in [-0.39, 0.29) is 11.6 Å². The summed E-state index contributed by atoms with van der Waals surface area (Å²) in [5, 5.41) is 0. The Morgan fingerprint density at radius 2 is 1.84 bits per heavy atom. The Kier molecular flexibility index (Phi) is 2.94. The van der Waals surface area contributed by atoms with E-state index in [2.05, 4.69) is 12.1 Å². The zero-order valence-corrected chi connectivity index (χ0v) is 10.9. The van der Waals surface area contributed by atoms with Crippen molar-refractivity contribution in [3.63, 3.8) is 0 Å². The van der Waals surface area contributed by atoms with Crippen LogP contribution in [0.2, 0.25) is 0 Å². The van der Waals surface area contributed by atoms with Crippen molar-refractivity contribution in [1.82, 2.24) is 0 Å². The van der Waals surface area contributed by atoms with E-state index in [0.29, 0.717) is 11.1 Å². The molecule has 96 valence electrons. The Morgan fingerprint density at radius 3 is 2.63 bits per heavy atom. The summed E-state index contributed by atoms with van der Waals surface area (Å²) in [4.78, 5) is 11.4. The van der Waals surface area contributed by atoms with Crippen LogP contribution in [0.4, 0.5) is 4.39 Å². The second kappa shape index (κ2) is 4.61. The molecule has 1 aliphatic rings. The molecule has 0 saturated carbocycles. The molecular weight excluding hydrogens is 239 g/mol. The van der Waals surface area contributed by atoms with E-state index in [0.717, 1.165) is 18.4 Å². The minimum absolute atomic E-state index is 0.0394. The molecule has 1 nitrogen and oxygen atoms in total. The van der Waals surface area contributed by atoms with E-state index in [9.17, 15) is 9.18 Å². The van der Waals surface area contributed by atoms with E-state index >= 15 is 0 Å². The van der Waals surface area contributed by atoms with Crippen LogP contribution in [-0.4, -0.2) is 5.78 Å². The van der Waals surface area contributed by atoms with E-state index in [1.54, 1.807) is 6.07 Å². The number of rotatable bonds is 2. The third-order valence-corrected chi connectivity index (χ3v) is 3.78. The van der Waals surface area contributed by atoms with Crippen molar-refractivity contribution >= 4 is 5.78 Å². The second-order valence-corrected chi connectivity index (χ2v) is 5.09. The van der Waals surface area contributed by atoms with Crippen LogP contribution < -0.4 is 0 Å². The molecule has 0 saturated heterocycles. The molecule has 2 aromatic carbocycles. The number of carbonyl (C=O) groups is 1. The molecule has 2 aromatic rings. The Bertz CT molecular complexity index is 658. The Hall–Kier alpha value is -1.96. The lowest BCUT2D eigenvalue weighted by atomic mass is 9.98. The first kappa shape index (κ1) is 12.1. The lowest BCUT2D eigenvalue weighted by Crippen LogP contribution is -1.95. The highest BCUT2D eigenvalue weighted by Crippen LogP contribution is 2.30. The van der Waals surface area contributed by atoms with Gasteiger partial charge in [-0.05, 0) is 61.1 Å². The summed E-state index contributed by atoms with van der Waals surface area (Å²) in [7, 11) is 0. The molecule has 1 aliphatic carbocycles. The van der Waals surface area contributed by atoms with E-state index in [4.69, 9.17) is 0 Å². The van der Waals surface area contributed by atoms with Gasteiger partial charge in [-0.25, -0.2) is 4.39 Å². The van der Waals surface area contributed by atoms with Crippen molar-refractivity contribution in [3.8, 4) is 11.1 Å². The Balaban J connectivity index is 2.11. The van der Waals surface area contributed by atoms with Crippen LogP contribution in [0.5, 0.6) is 0 Å². The fraction of sp³-hybridized carbons (Fsp3) is 0.235. The van der Waals surface area contributed by atoms with Gasteiger partial charge in [-0.3, -0.25) is 4.79 Å². The second-order valence-electron chi connectivity index (χ2n) is 5.09. The molecular formula is C17H15FO. The van der Waals surface area contributed by atoms with Gasteiger partial charge in [0.05, 0.1) is 0 Å². The quantitative estimate of drug-likeness (QED) is 0.735. The number of benzene rings is 2. The predicted molar refractivity (Wildman–Crippen MR) is 73.9 cm³/mol. The van der Waals surface area contributed by atoms with Crippen LogP contribution in [0, 0.1) is 5.82 Å². The third kappa shape index (κ3) is 2.19. The van der Waals surface area contributed by atoms with Crippen molar-refractivity contribution in [2.24, 2.45) is 0 Å². The highest BCUT2D eigenvalue weighted by Gasteiger charge is 2.14. The number of hydrogen-bond acceptors (Lipinski definition) is 1. The number of ketones is 1. The molecule has 19 heavy (non-hydrogen) atoms. The first-order chi connectivity index (χ1) is 9.15. The van der Waals surface area contributed by atoms with Crippen LogP contribution in [0.15, 0.2) is 36.4 Å². The Labute approximate surface area is 112 Å². The molecule has 0 spiro atoms. The number of carbonyl (C=O) groups excluding carboxylic acids is 1. The van der Waals surface area contributed by atoms with Crippen molar-refractivity contribution < 1.29 is 9.18 Å². The molecule has 0 unspecified atom stereocenters. The van der Waals surface area contributed by atoms with E-state index < -0.39 is 0 Å². The lowest BCUT2D eigenvalue weighted by Gasteiger charge is -2.08. The fourth-order valence-corrected chi connectivity index (χ4v) is 2.70. The maximum atomic E-state index is 14.0. The smallest absolute Gasteiger partial charge is 0.159 e. The predicted octanol–water partition coefficient (Wildman–Crippen LogP) is 4.18. The third-order valence-electron chi connectivity index (χ3n) is 3.78. The SMILES string of the molecule is CC(=O)c1ccc(F)c(-c2ccc3c(c2)CCC3)c1. The van der Waals surface area contributed by atoms with Crippen LogP contribution in [0.25, 0.3) is 11.1 Å². The van der Waals surface area contributed by atoms with Gasteiger partial charge >= 0.3 is 0 Å². The summed E-state index contributed by atoms with van der Waals surface area (Å²) in [6.07, 6.45) is 3.36. The molecule has 0 atom stereocenters. The molecule has 3 rings (SSSR count). The number of halogens is 1. The van der Waals surface area contributed by atoms with Gasteiger partial charge in [-0.1, -0.05) is 18.2 Å². The summed E-state index contributed by atoms with van der Waals surface area (Å²) in [5.41, 5.74) is 4.61. The number of hydrogen-bond donors (Lipinski definition) is 0. The summed E-state index contributed by atoms with van der Waals surface area (Å²) in [6, 6.07) is 10.6. The van der Waals surface area contributed by atoms with Gasteiger partial charge in [0.1, 0.15) is 5.82 Å². The minimum atomic E-state index is -0.275. The van der Waals surface area contributed by atoms with Crippen LogP contribution in [0.3, 0.4) is 0 Å². The summed E-state index contributed by atoms with van der Waals surface area (Å²) >= 11 is 0. The fourth-order valence-electron chi connectivity index (χ4n) is 2.70. The summed E-state index contributed by atoms with van der Waals surface area (Å²) < 4.78 is 14.0. The molecule has 0 amide bonds.